The van der Waals surface area contributed by atoms with Gasteiger partial charge >= 0.3 is 12.0 Å². The Balaban J connectivity index is 4.44. The van der Waals surface area contributed by atoms with Crippen molar-refractivity contribution in [1.82, 2.24) is 15.5 Å². The van der Waals surface area contributed by atoms with Crippen LogP contribution in [0.15, 0.2) is 0 Å². The van der Waals surface area contributed by atoms with E-state index in [9.17, 15) is 9.59 Å². The van der Waals surface area contributed by atoms with Crippen LogP contribution in [-0.2, 0) is 4.79 Å². The molecular weight excluding hydrogens is 258 g/mol. The van der Waals surface area contributed by atoms with Crippen LogP contribution in [0, 0.1) is 5.92 Å². The number of carboxylic acids is 1. The van der Waals surface area contributed by atoms with Gasteiger partial charge in [0.05, 0.1) is 0 Å². The fourth-order valence-electron chi connectivity index (χ4n) is 1.85. The minimum atomic E-state index is -0.984. The number of unbranched alkanes of at least 4 members (excludes halogenated alkanes) is 1. The van der Waals surface area contributed by atoms with Gasteiger partial charge in [0.15, 0.2) is 0 Å². The second-order valence-electron chi connectivity index (χ2n) is 5.76. The molecule has 0 radical (unpaired) electrons. The maximum Gasteiger partial charge on any atom is 0.326 e. The summed E-state index contributed by atoms with van der Waals surface area (Å²) in [5.74, 6) is -0.704. The summed E-state index contributed by atoms with van der Waals surface area (Å²) in [4.78, 5) is 25.0. The first-order valence-electron chi connectivity index (χ1n) is 7.22. The molecule has 0 rings (SSSR count). The highest BCUT2D eigenvalue weighted by atomic mass is 16.4. The molecule has 0 saturated heterocycles. The Labute approximate surface area is 121 Å². The summed E-state index contributed by atoms with van der Waals surface area (Å²) in [5.41, 5.74) is 0. The Kier molecular flexibility index (Phi) is 8.96. The largest absolute Gasteiger partial charge is 0.480 e. The molecule has 0 aliphatic heterocycles. The lowest BCUT2D eigenvalue weighted by Gasteiger charge is -2.26. The monoisotopic (exact) mass is 287 g/mol. The van der Waals surface area contributed by atoms with Crippen molar-refractivity contribution in [2.24, 2.45) is 5.92 Å². The Hall–Kier alpha value is -1.30. The van der Waals surface area contributed by atoms with Crippen LogP contribution in [0.4, 0.5) is 4.79 Å². The van der Waals surface area contributed by atoms with Crippen LogP contribution in [0.3, 0.4) is 0 Å². The molecule has 0 aromatic rings. The first-order valence-corrected chi connectivity index (χ1v) is 7.22. The number of nitrogens with zero attached hydrogens (tertiary/aromatic N) is 1. The van der Waals surface area contributed by atoms with Crippen molar-refractivity contribution in [3.8, 4) is 0 Å². The van der Waals surface area contributed by atoms with Crippen molar-refractivity contribution in [1.29, 1.82) is 0 Å². The first kappa shape index (κ1) is 18.7. The molecule has 0 fully saturated rings. The molecule has 0 aromatic heterocycles. The SMILES string of the molecule is CCCCC(NC(=O)NC(CN(C)C)C(C)C)C(=O)O. The predicted octanol–water partition coefficient (Wildman–Crippen LogP) is 1.52. The van der Waals surface area contributed by atoms with E-state index in [-0.39, 0.29) is 12.0 Å². The van der Waals surface area contributed by atoms with E-state index in [2.05, 4.69) is 10.6 Å². The van der Waals surface area contributed by atoms with Crippen LogP contribution in [0.1, 0.15) is 40.0 Å². The predicted molar refractivity (Wildman–Crippen MR) is 79.8 cm³/mol. The Morgan fingerprint density at radius 3 is 2.20 bits per heavy atom. The van der Waals surface area contributed by atoms with Gasteiger partial charge in [-0.1, -0.05) is 33.6 Å². The summed E-state index contributed by atoms with van der Waals surface area (Å²) < 4.78 is 0. The summed E-state index contributed by atoms with van der Waals surface area (Å²) in [7, 11) is 3.88. The number of carboxylic acid groups (broad SMARTS) is 1. The van der Waals surface area contributed by atoms with Crippen LogP contribution in [0.25, 0.3) is 0 Å². The summed E-state index contributed by atoms with van der Waals surface area (Å²) in [6.07, 6.45) is 2.14. The third-order valence-corrected chi connectivity index (χ3v) is 3.13. The number of rotatable bonds is 9. The smallest absolute Gasteiger partial charge is 0.326 e. The molecule has 118 valence electrons. The van der Waals surface area contributed by atoms with Gasteiger partial charge < -0.3 is 20.6 Å². The number of carbonyl (C=O) groups is 2. The van der Waals surface area contributed by atoms with E-state index in [1.165, 1.54) is 0 Å². The van der Waals surface area contributed by atoms with Gasteiger partial charge in [0, 0.05) is 12.6 Å². The number of aliphatic carboxylic acids is 1. The molecule has 20 heavy (non-hydrogen) atoms. The van der Waals surface area contributed by atoms with Gasteiger partial charge in [0.1, 0.15) is 6.04 Å². The Bertz CT molecular complexity index is 306. The van der Waals surface area contributed by atoms with Crippen LogP contribution >= 0.6 is 0 Å². The molecule has 0 saturated carbocycles. The highest BCUT2D eigenvalue weighted by molar-refractivity contribution is 5.82. The number of likely N-dealkylation sites (N-methyl/N-ethyl adjacent to an activating group) is 1. The van der Waals surface area contributed by atoms with E-state index in [0.29, 0.717) is 6.42 Å². The second kappa shape index (κ2) is 9.58. The zero-order valence-corrected chi connectivity index (χ0v) is 13.3. The summed E-state index contributed by atoms with van der Waals surface area (Å²) >= 11 is 0. The molecule has 0 aliphatic carbocycles. The molecule has 2 atom stereocenters. The molecule has 0 aliphatic rings. The first-order chi connectivity index (χ1) is 9.27. The average molecular weight is 287 g/mol. The number of carbonyl (C=O) groups excluding carboxylic acids is 1. The normalized spacial score (nSPS) is 14.2. The highest BCUT2D eigenvalue weighted by Gasteiger charge is 2.22. The number of amides is 2. The van der Waals surface area contributed by atoms with Crippen molar-refractivity contribution >= 4 is 12.0 Å². The standard InChI is InChI=1S/C14H29N3O3/c1-6-7-8-11(13(18)19)15-14(20)16-12(10(2)3)9-17(4)5/h10-12H,6-9H2,1-5H3,(H,18,19)(H2,15,16,20). The molecule has 3 N–H and O–H groups in total. The molecule has 0 bridgehead atoms. The zero-order chi connectivity index (χ0) is 15.7. The maximum absolute atomic E-state index is 11.9. The number of nitrogens with one attached hydrogen (secondary N) is 2. The molecule has 2 amide bonds. The van der Waals surface area contributed by atoms with Crippen molar-refractivity contribution in [3.63, 3.8) is 0 Å². The van der Waals surface area contributed by atoms with Gasteiger partial charge in [-0.25, -0.2) is 9.59 Å². The fourth-order valence-corrected chi connectivity index (χ4v) is 1.85. The van der Waals surface area contributed by atoms with Crippen molar-refractivity contribution < 1.29 is 14.7 Å². The second-order valence-corrected chi connectivity index (χ2v) is 5.76. The third-order valence-electron chi connectivity index (χ3n) is 3.13. The lowest BCUT2D eigenvalue weighted by atomic mass is 10.0. The highest BCUT2D eigenvalue weighted by Crippen LogP contribution is 2.04. The molecule has 6 nitrogen and oxygen atoms in total. The number of hydrogen-bond donors (Lipinski definition) is 3. The van der Waals surface area contributed by atoms with Crippen molar-refractivity contribution in [3.05, 3.63) is 0 Å². The molecule has 6 heteroatoms. The molecule has 2 unspecified atom stereocenters. The van der Waals surface area contributed by atoms with Crippen LogP contribution in [0.5, 0.6) is 0 Å². The van der Waals surface area contributed by atoms with E-state index in [4.69, 9.17) is 5.11 Å². The Morgan fingerprint density at radius 1 is 1.20 bits per heavy atom. The third kappa shape index (κ3) is 7.99. The van der Waals surface area contributed by atoms with Gasteiger partial charge in [0.2, 0.25) is 0 Å². The van der Waals surface area contributed by atoms with Crippen molar-refractivity contribution in [2.45, 2.75) is 52.1 Å². The van der Waals surface area contributed by atoms with E-state index >= 15 is 0 Å². The molecule has 0 aromatic carbocycles. The number of urea groups is 1. The minimum absolute atomic E-state index is 0.00869. The van der Waals surface area contributed by atoms with E-state index < -0.39 is 18.0 Å². The van der Waals surface area contributed by atoms with E-state index in [1.54, 1.807) is 0 Å². The summed E-state index contributed by atoms with van der Waals surface area (Å²) in [6, 6.07) is -1.23. The van der Waals surface area contributed by atoms with Gasteiger partial charge in [-0.3, -0.25) is 0 Å². The van der Waals surface area contributed by atoms with E-state index in [1.807, 2.05) is 39.8 Å². The van der Waals surface area contributed by atoms with Gasteiger partial charge in [-0.05, 0) is 26.4 Å². The lowest BCUT2D eigenvalue weighted by molar-refractivity contribution is -0.139. The van der Waals surface area contributed by atoms with Crippen molar-refractivity contribution in [2.75, 3.05) is 20.6 Å². The van der Waals surface area contributed by atoms with Gasteiger partial charge in [0.25, 0.3) is 0 Å². The van der Waals surface area contributed by atoms with Gasteiger partial charge in [-0.2, -0.15) is 0 Å². The average Bonchev–Trinajstić information content (AvgIpc) is 2.32. The summed E-state index contributed by atoms with van der Waals surface area (Å²) in [5, 5.41) is 14.5. The van der Waals surface area contributed by atoms with Gasteiger partial charge in [-0.15, -0.1) is 0 Å². The number of hydrogen-bond acceptors (Lipinski definition) is 3. The minimum Gasteiger partial charge on any atom is -0.480 e. The quantitative estimate of drug-likeness (QED) is 0.600. The lowest BCUT2D eigenvalue weighted by Crippen LogP contribution is -2.52. The topological polar surface area (TPSA) is 81.7 Å². The fraction of sp³-hybridized carbons (Fsp3) is 0.857. The van der Waals surface area contributed by atoms with Crippen LogP contribution in [-0.4, -0.2) is 54.7 Å². The van der Waals surface area contributed by atoms with E-state index in [0.717, 1.165) is 19.4 Å². The maximum atomic E-state index is 11.9. The Morgan fingerprint density at radius 2 is 1.80 bits per heavy atom. The van der Waals surface area contributed by atoms with Crippen LogP contribution < -0.4 is 10.6 Å². The van der Waals surface area contributed by atoms with Crippen LogP contribution in [0.2, 0.25) is 0 Å². The molecular formula is C14H29N3O3. The zero-order valence-electron chi connectivity index (χ0n) is 13.3. The summed E-state index contributed by atoms with van der Waals surface area (Å²) in [6.45, 7) is 6.77. The molecule has 0 spiro atoms. The molecule has 0 heterocycles.